The van der Waals surface area contributed by atoms with Crippen molar-refractivity contribution in [1.29, 1.82) is 0 Å². The number of ketones is 1. The molecule has 0 spiro atoms. The van der Waals surface area contributed by atoms with Gasteiger partial charge < -0.3 is 9.84 Å². The number of benzene rings is 1. The molecular weight excluding hydrogens is 468 g/mol. The summed E-state index contributed by atoms with van der Waals surface area (Å²) < 4.78 is 6.21. The summed E-state index contributed by atoms with van der Waals surface area (Å²) in [6.07, 6.45) is 15.8. The lowest BCUT2D eigenvalue weighted by atomic mass is 9.47. The molecule has 6 atom stereocenters. The quantitative estimate of drug-likeness (QED) is 0.433. The SMILES string of the molecule is CC#C[C@]1(O)CC[C@H]2[C@@H]3CCC4=CC(=O)CCC4=C3[C@@H](C3(C)C=CC(Oc4ccc(C)cc4)=CC3)C[C@@]21C. The van der Waals surface area contributed by atoms with Crippen molar-refractivity contribution in [2.45, 2.75) is 84.7 Å². The molecule has 1 aromatic rings. The van der Waals surface area contributed by atoms with Gasteiger partial charge in [0.25, 0.3) is 0 Å². The minimum absolute atomic E-state index is 0.0955. The van der Waals surface area contributed by atoms with E-state index in [2.05, 4.69) is 63.0 Å². The van der Waals surface area contributed by atoms with Crippen LogP contribution in [0.25, 0.3) is 0 Å². The molecule has 5 aliphatic rings. The second kappa shape index (κ2) is 9.13. The first-order valence-corrected chi connectivity index (χ1v) is 14.4. The zero-order chi connectivity index (χ0) is 26.7. The molecule has 0 saturated heterocycles. The second-order valence-electron chi connectivity index (χ2n) is 12.8. The highest BCUT2D eigenvalue weighted by Gasteiger charge is 2.64. The average Bonchev–Trinajstić information content (AvgIpc) is 3.16. The molecule has 198 valence electrons. The smallest absolute Gasteiger partial charge is 0.156 e. The maximum absolute atomic E-state index is 12.3. The Balaban J connectivity index is 1.39. The van der Waals surface area contributed by atoms with Crippen LogP contribution < -0.4 is 4.74 Å². The predicted octanol–water partition coefficient (Wildman–Crippen LogP) is 7.41. The van der Waals surface area contributed by atoms with Gasteiger partial charge in [-0.05, 0) is 123 Å². The maximum Gasteiger partial charge on any atom is 0.156 e. The third kappa shape index (κ3) is 3.95. The molecule has 0 amide bonds. The van der Waals surface area contributed by atoms with Crippen molar-refractivity contribution < 1.29 is 14.6 Å². The van der Waals surface area contributed by atoms with Crippen LogP contribution in [-0.4, -0.2) is 16.5 Å². The van der Waals surface area contributed by atoms with Crippen molar-refractivity contribution in [1.82, 2.24) is 0 Å². The number of aryl methyl sites for hydroxylation is 1. The van der Waals surface area contributed by atoms with Gasteiger partial charge in [-0.25, -0.2) is 0 Å². The third-order valence-electron chi connectivity index (χ3n) is 10.6. The van der Waals surface area contributed by atoms with Gasteiger partial charge in [0, 0.05) is 11.8 Å². The van der Waals surface area contributed by atoms with Gasteiger partial charge in [0.05, 0.1) is 0 Å². The summed E-state index contributed by atoms with van der Waals surface area (Å²) in [5.41, 5.74) is 4.27. The van der Waals surface area contributed by atoms with Crippen LogP contribution in [-0.2, 0) is 4.79 Å². The van der Waals surface area contributed by atoms with Crippen molar-refractivity contribution in [3.8, 4) is 17.6 Å². The molecule has 38 heavy (non-hydrogen) atoms. The fraction of sp³-hybridized carbons (Fsp3) is 0.514. The number of aliphatic hydroxyl groups is 1. The summed E-state index contributed by atoms with van der Waals surface area (Å²) in [7, 11) is 0. The number of carbonyl (C=O) groups excluding carboxylic acids is 1. The maximum atomic E-state index is 12.3. The highest BCUT2D eigenvalue weighted by Crippen LogP contribution is 2.67. The predicted molar refractivity (Wildman–Crippen MR) is 151 cm³/mol. The third-order valence-corrected chi connectivity index (χ3v) is 10.6. The summed E-state index contributed by atoms with van der Waals surface area (Å²) in [5, 5.41) is 11.9. The molecule has 0 bridgehead atoms. The van der Waals surface area contributed by atoms with E-state index < -0.39 is 5.60 Å². The van der Waals surface area contributed by atoms with Gasteiger partial charge in [-0.2, -0.15) is 0 Å². The molecule has 0 radical (unpaired) electrons. The van der Waals surface area contributed by atoms with Crippen LogP contribution in [0.4, 0.5) is 0 Å². The lowest BCUT2D eigenvalue weighted by molar-refractivity contribution is -0.114. The number of allylic oxidation sites excluding steroid dienone is 7. The monoisotopic (exact) mass is 508 g/mol. The number of ether oxygens (including phenoxy) is 1. The Morgan fingerprint density at radius 3 is 2.58 bits per heavy atom. The van der Waals surface area contributed by atoms with Gasteiger partial charge in [-0.1, -0.05) is 49.1 Å². The van der Waals surface area contributed by atoms with E-state index in [0.29, 0.717) is 18.3 Å². The van der Waals surface area contributed by atoms with Crippen LogP contribution in [0.2, 0.25) is 0 Å². The van der Waals surface area contributed by atoms with Crippen LogP contribution in [0.15, 0.2) is 71.0 Å². The molecule has 1 aromatic carbocycles. The summed E-state index contributed by atoms with van der Waals surface area (Å²) in [6.45, 7) is 8.63. The van der Waals surface area contributed by atoms with Crippen LogP contribution >= 0.6 is 0 Å². The Morgan fingerprint density at radius 1 is 1.08 bits per heavy atom. The summed E-state index contributed by atoms with van der Waals surface area (Å²) >= 11 is 0. The molecule has 2 saturated carbocycles. The van der Waals surface area contributed by atoms with Gasteiger partial charge >= 0.3 is 0 Å². The minimum atomic E-state index is -0.941. The molecule has 6 rings (SSSR count). The largest absolute Gasteiger partial charge is 0.458 e. The standard InChI is InChI=1S/C35H40O3/c1-5-17-35(37)20-16-30-29-12-8-24-21-25(36)9-13-28(24)32(29)31(22-34(30,35)4)33(3)18-14-27(15-19-33)38-26-10-6-23(2)7-11-26/h6-7,10-11,14-15,18,21,29-31,37H,8-9,12-13,16,19-20,22H2,1-4H3/t29-,30-,31-,33?,34-,35-/m0/s1. The average molecular weight is 509 g/mol. The van der Waals surface area contributed by atoms with Gasteiger partial charge in [0.15, 0.2) is 5.78 Å². The molecule has 5 aliphatic carbocycles. The molecule has 1 N–H and O–H groups in total. The fourth-order valence-electron chi connectivity index (χ4n) is 8.47. The highest BCUT2D eigenvalue weighted by atomic mass is 16.5. The van der Waals surface area contributed by atoms with E-state index in [0.717, 1.165) is 56.5 Å². The number of rotatable bonds is 3. The second-order valence-corrected chi connectivity index (χ2v) is 12.8. The first-order valence-electron chi connectivity index (χ1n) is 14.4. The van der Waals surface area contributed by atoms with E-state index in [-0.39, 0.29) is 22.5 Å². The first-order chi connectivity index (χ1) is 18.2. The van der Waals surface area contributed by atoms with Crippen molar-refractivity contribution in [2.24, 2.45) is 28.6 Å². The highest BCUT2D eigenvalue weighted by molar-refractivity contribution is 5.93. The van der Waals surface area contributed by atoms with Gasteiger partial charge in [0.1, 0.15) is 17.1 Å². The normalized spacial score (nSPS) is 37.8. The van der Waals surface area contributed by atoms with E-state index in [4.69, 9.17) is 4.74 Å². The molecule has 0 aliphatic heterocycles. The molecule has 2 fully saturated rings. The Hall–Kier alpha value is -2.83. The van der Waals surface area contributed by atoms with Crippen LogP contribution in [0.5, 0.6) is 5.75 Å². The number of hydrogen-bond donors (Lipinski definition) is 1. The van der Waals surface area contributed by atoms with Gasteiger partial charge in [-0.15, -0.1) is 5.92 Å². The van der Waals surface area contributed by atoms with Gasteiger partial charge in [0.2, 0.25) is 0 Å². The molecule has 0 aromatic heterocycles. The van der Waals surface area contributed by atoms with Crippen LogP contribution in [0, 0.1) is 47.3 Å². The Labute approximate surface area is 227 Å². The lowest BCUT2D eigenvalue weighted by Crippen LogP contribution is -2.53. The lowest BCUT2D eigenvalue weighted by Gasteiger charge is -2.57. The van der Waals surface area contributed by atoms with Crippen LogP contribution in [0.1, 0.15) is 77.7 Å². The van der Waals surface area contributed by atoms with E-state index in [1.54, 1.807) is 5.57 Å². The number of fused-ring (bicyclic) bond motifs is 4. The van der Waals surface area contributed by atoms with E-state index >= 15 is 0 Å². The minimum Gasteiger partial charge on any atom is -0.458 e. The Bertz CT molecular complexity index is 1350. The van der Waals surface area contributed by atoms with Crippen molar-refractivity contribution in [2.75, 3.05) is 0 Å². The number of hydrogen-bond acceptors (Lipinski definition) is 3. The van der Waals surface area contributed by atoms with Crippen molar-refractivity contribution in [3.63, 3.8) is 0 Å². The fourth-order valence-corrected chi connectivity index (χ4v) is 8.47. The molecule has 1 unspecified atom stereocenters. The van der Waals surface area contributed by atoms with Crippen molar-refractivity contribution >= 4 is 5.78 Å². The first kappa shape index (κ1) is 25.4. The van der Waals surface area contributed by atoms with E-state index in [1.807, 2.05) is 25.1 Å². The van der Waals surface area contributed by atoms with Gasteiger partial charge in [-0.3, -0.25) is 4.79 Å². The summed E-state index contributed by atoms with van der Waals surface area (Å²) in [5.74, 6) is 9.54. The van der Waals surface area contributed by atoms with Crippen LogP contribution in [0.3, 0.4) is 0 Å². The number of carbonyl (C=O) groups is 1. The summed E-state index contributed by atoms with van der Waals surface area (Å²) in [6, 6.07) is 8.19. The topological polar surface area (TPSA) is 46.5 Å². The zero-order valence-corrected chi connectivity index (χ0v) is 23.3. The van der Waals surface area contributed by atoms with Crippen molar-refractivity contribution in [3.05, 3.63) is 76.6 Å². The molecular formula is C35H40O3. The Kier molecular flexibility index (Phi) is 6.11. The molecule has 0 heterocycles. The molecule has 3 heteroatoms. The molecule has 3 nitrogen and oxygen atoms in total. The Morgan fingerprint density at radius 2 is 1.87 bits per heavy atom. The van der Waals surface area contributed by atoms with E-state index in [1.165, 1.54) is 16.7 Å². The van der Waals surface area contributed by atoms with E-state index in [9.17, 15) is 9.90 Å². The summed E-state index contributed by atoms with van der Waals surface area (Å²) in [4.78, 5) is 12.3. The zero-order valence-electron chi connectivity index (χ0n) is 23.3.